The minimum absolute atomic E-state index is 0.389. The SMILES string of the molecule is C/C(=C\C1=CC=CC1)C(=O)O. The zero-order valence-electron chi connectivity index (χ0n) is 6.37. The molecule has 1 aliphatic rings. The molecule has 2 heteroatoms. The third-order valence-electron chi connectivity index (χ3n) is 1.54. The second kappa shape index (κ2) is 3.19. The number of carboxylic acid groups (broad SMARTS) is 1. The fourth-order valence-corrected chi connectivity index (χ4v) is 0.911. The molecule has 0 amide bonds. The van der Waals surface area contributed by atoms with E-state index in [9.17, 15) is 4.79 Å². The first kappa shape index (κ1) is 7.79. The van der Waals surface area contributed by atoms with Crippen LogP contribution in [0.3, 0.4) is 0 Å². The molecule has 0 aromatic rings. The smallest absolute Gasteiger partial charge is 0.331 e. The molecule has 0 aliphatic heterocycles. The zero-order valence-corrected chi connectivity index (χ0v) is 6.37. The van der Waals surface area contributed by atoms with E-state index >= 15 is 0 Å². The van der Waals surface area contributed by atoms with Gasteiger partial charge in [0.2, 0.25) is 0 Å². The highest BCUT2D eigenvalue weighted by molar-refractivity contribution is 5.86. The molecule has 0 aromatic carbocycles. The number of carboxylic acids is 1. The molecule has 1 N–H and O–H groups in total. The summed E-state index contributed by atoms with van der Waals surface area (Å²) in [4.78, 5) is 10.4. The molecule has 1 rings (SSSR count). The topological polar surface area (TPSA) is 37.3 Å². The maximum Gasteiger partial charge on any atom is 0.331 e. The third-order valence-corrected chi connectivity index (χ3v) is 1.54. The fraction of sp³-hybridized carbons (Fsp3) is 0.222. The van der Waals surface area contributed by atoms with Crippen molar-refractivity contribution in [3.8, 4) is 0 Å². The molecule has 0 radical (unpaired) electrons. The Hall–Kier alpha value is -1.31. The lowest BCUT2D eigenvalue weighted by Crippen LogP contribution is -1.95. The van der Waals surface area contributed by atoms with E-state index < -0.39 is 5.97 Å². The highest BCUT2D eigenvalue weighted by Crippen LogP contribution is 2.13. The van der Waals surface area contributed by atoms with Gasteiger partial charge in [0, 0.05) is 5.57 Å². The van der Waals surface area contributed by atoms with E-state index in [0.717, 1.165) is 12.0 Å². The molecule has 0 spiro atoms. The highest BCUT2D eigenvalue weighted by atomic mass is 16.4. The monoisotopic (exact) mass is 150 g/mol. The number of carbonyl (C=O) groups is 1. The summed E-state index contributed by atoms with van der Waals surface area (Å²) in [6.45, 7) is 1.60. The van der Waals surface area contributed by atoms with Crippen molar-refractivity contribution in [1.29, 1.82) is 0 Å². The molecule has 0 atom stereocenters. The van der Waals surface area contributed by atoms with Crippen molar-refractivity contribution in [2.75, 3.05) is 0 Å². The van der Waals surface area contributed by atoms with Crippen LogP contribution >= 0.6 is 0 Å². The van der Waals surface area contributed by atoms with Crippen LogP contribution in [0, 0.1) is 0 Å². The van der Waals surface area contributed by atoms with Crippen LogP contribution in [0.25, 0.3) is 0 Å². The van der Waals surface area contributed by atoms with Gasteiger partial charge >= 0.3 is 5.97 Å². The molecular weight excluding hydrogens is 140 g/mol. The second-order valence-corrected chi connectivity index (χ2v) is 2.51. The highest BCUT2D eigenvalue weighted by Gasteiger charge is 2.01. The van der Waals surface area contributed by atoms with Crippen LogP contribution in [0.15, 0.2) is 35.5 Å². The zero-order chi connectivity index (χ0) is 8.27. The summed E-state index contributed by atoms with van der Waals surface area (Å²) in [5.41, 5.74) is 1.45. The van der Waals surface area contributed by atoms with Crippen molar-refractivity contribution in [1.82, 2.24) is 0 Å². The lowest BCUT2D eigenvalue weighted by molar-refractivity contribution is -0.132. The summed E-state index contributed by atoms with van der Waals surface area (Å²) in [5, 5.41) is 8.53. The van der Waals surface area contributed by atoms with E-state index in [1.807, 2.05) is 18.2 Å². The largest absolute Gasteiger partial charge is 0.478 e. The van der Waals surface area contributed by atoms with E-state index in [0.29, 0.717) is 5.57 Å². The lowest BCUT2D eigenvalue weighted by Gasteiger charge is -1.93. The molecule has 58 valence electrons. The van der Waals surface area contributed by atoms with Crippen LogP contribution < -0.4 is 0 Å². The van der Waals surface area contributed by atoms with Crippen LogP contribution in [-0.4, -0.2) is 11.1 Å². The maximum atomic E-state index is 10.4. The second-order valence-electron chi connectivity index (χ2n) is 2.51. The van der Waals surface area contributed by atoms with Gasteiger partial charge in [-0.2, -0.15) is 0 Å². The Morgan fingerprint density at radius 1 is 1.73 bits per heavy atom. The lowest BCUT2D eigenvalue weighted by atomic mass is 10.1. The van der Waals surface area contributed by atoms with E-state index in [-0.39, 0.29) is 0 Å². The predicted octanol–water partition coefficient (Wildman–Crippen LogP) is 1.90. The average Bonchev–Trinajstić information content (AvgIpc) is 2.39. The molecule has 0 saturated carbocycles. The average molecular weight is 150 g/mol. The van der Waals surface area contributed by atoms with Crippen LogP contribution in [0.1, 0.15) is 13.3 Å². The summed E-state index contributed by atoms with van der Waals surface area (Å²) in [6, 6.07) is 0. The minimum Gasteiger partial charge on any atom is -0.478 e. The number of hydrogen-bond donors (Lipinski definition) is 1. The third kappa shape index (κ3) is 2.08. The van der Waals surface area contributed by atoms with Gasteiger partial charge in [0.1, 0.15) is 0 Å². The quantitative estimate of drug-likeness (QED) is 0.610. The molecule has 0 heterocycles. The van der Waals surface area contributed by atoms with Crippen molar-refractivity contribution < 1.29 is 9.90 Å². The van der Waals surface area contributed by atoms with Crippen LogP contribution in [0.4, 0.5) is 0 Å². The van der Waals surface area contributed by atoms with Gasteiger partial charge in [0.15, 0.2) is 0 Å². The molecule has 1 aliphatic carbocycles. The van der Waals surface area contributed by atoms with Gasteiger partial charge in [-0.25, -0.2) is 4.79 Å². The van der Waals surface area contributed by atoms with E-state index in [2.05, 4.69) is 0 Å². The number of hydrogen-bond acceptors (Lipinski definition) is 1. The molecule has 11 heavy (non-hydrogen) atoms. The molecule has 2 nitrogen and oxygen atoms in total. The van der Waals surface area contributed by atoms with Crippen molar-refractivity contribution in [2.45, 2.75) is 13.3 Å². The van der Waals surface area contributed by atoms with Crippen LogP contribution in [0.5, 0.6) is 0 Å². The molecular formula is C9H10O2. The summed E-state index contributed by atoms with van der Waals surface area (Å²) in [6.07, 6.45) is 8.40. The van der Waals surface area contributed by atoms with Crippen molar-refractivity contribution in [2.24, 2.45) is 0 Å². The van der Waals surface area contributed by atoms with Gasteiger partial charge in [-0.1, -0.05) is 18.2 Å². The summed E-state index contributed by atoms with van der Waals surface area (Å²) < 4.78 is 0. The van der Waals surface area contributed by atoms with Crippen LogP contribution in [-0.2, 0) is 4.79 Å². The predicted molar refractivity (Wildman–Crippen MR) is 43.2 cm³/mol. The number of aliphatic carboxylic acids is 1. The Labute approximate surface area is 65.5 Å². The summed E-state index contributed by atoms with van der Waals surface area (Å²) >= 11 is 0. The van der Waals surface area contributed by atoms with E-state index in [1.54, 1.807) is 13.0 Å². The summed E-state index contributed by atoms with van der Waals surface area (Å²) in [5.74, 6) is -0.849. The Kier molecular flexibility index (Phi) is 2.26. The fourth-order valence-electron chi connectivity index (χ4n) is 0.911. The van der Waals surface area contributed by atoms with Gasteiger partial charge in [-0.15, -0.1) is 0 Å². The first-order chi connectivity index (χ1) is 5.20. The Morgan fingerprint density at radius 2 is 2.45 bits per heavy atom. The number of allylic oxidation sites excluding steroid dienone is 5. The minimum atomic E-state index is -0.849. The van der Waals surface area contributed by atoms with Crippen molar-refractivity contribution in [3.05, 3.63) is 35.5 Å². The Bertz CT molecular complexity index is 257. The van der Waals surface area contributed by atoms with Gasteiger partial charge in [-0.3, -0.25) is 0 Å². The molecule has 0 saturated heterocycles. The van der Waals surface area contributed by atoms with Gasteiger partial charge in [0.05, 0.1) is 0 Å². The van der Waals surface area contributed by atoms with Crippen molar-refractivity contribution >= 4 is 5.97 Å². The standard InChI is InChI=1S/C9H10O2/c1-7(9(10)11)6-8-4-2-3-5-8/h2-4,6H,5H2,1H3,(H,10,11)/b7-6+. The molecule has 0 unspecified atom stereocenters. The summed E-state index contributed by atoms with van der Waals surface area (Å²) in [7, 11) is 0. The van der Waals surface area contributed by atoms with Crippen LogP contribution in [0.2, 0.25) is 0 Å². The Morgan fingerprint density at radius 3 is 2.91 bits per heavy atom. The first-order valence-electron chi connectivity index (χ1n) is 3.47. The van der Waals surface area contributed by atoms with E-state index in [1.165, 1.54) is 0 Å². The van der Waals surface area contributed by atoms with Gasteiger partial charge < -0.3 is 5.11 Å². The van der Waals surface area contributed by atoms with E-state index in [4.69, 9.17) is 5.11 Å². The maximum absolute atomic E-state index is 10.4. The normalized spacial score (nSPS) is 16.8. The van der Waals surface area contributed by atoms with Crippen molar-refractivity contribution in [3.63, 3.8) is 0 Å². The van der Waals surface area contributed by atoms with Gasteiger partial charge in [0.25, 0.3) is 0 Å². The number of rotatable bonds is 2. The molecule has 0 bridgehead atoms. The Balaban J connectivity index is 2.66. The first-order valence-corrected chi connectivity index (χ1v) is 3.47. The molecule has 0 fully saturated rings. The molecule has 0 aromatic heterocycles. The van der Waals surface area contributed by atoms with Gasteiger partial charge in [-0.05, 0) is 25.0 Å².